The minimum Gasteiger partial charge on any atom is -0.309 e. The molecule has 0 N–H and O–H groups in total. The number of rotatable bonds is 5. The van der Waals surface area contributed by atoms with Gasteiger partial charge in [-0.25, -0.2) is 4.98 Å². The Hall–Kier alpha value is -7.07. The van der Waals surface area contributed by atoms with Gasteiger partial charge in [0.1, 0.15) is 5.01 Å². The van der Waals surface area contributed by atoms with Crippen molar-refractivity contribution in [3.05, 3.63) is 205 Å². The summed E-state index contributed by atoms with van der Waals surface area (Å²) in [6, 6.07) is 71.6. The number of fused-ring (bicyclic) bond motifs is 8. The Morgan fingerprint density at radius 2 is 1.10 bits per heavy atom. The zero-order chi connectivity index (χ0) is 39.2. The van der Waals surface area contributed by atoms with E-state index < -0.39 is 0 Å². The normalized spacial score (nSPS) is 13.1. The SMILES string of the molecule is CC1(C)c2ccccc2-c2ccc(-c3cccc(-c4ccc5c6cccc(-c7ccc(-c8nc9ccccc9s8)cc7)c6n(-c6ccc7ccccc7c6)c5c4)c3)cc21. The molecule has 0 unspecified atom stereocenters. The van der Waals surface area contributed by atoms with Crippen LogP contribution in [-0.2, 0) is 5.41 Å². The van der Waals surface area contributed by atoms with E-state index in [0.29, 0.717) is 0 Å². The number of aromatic nitrogens is 2. The van der Waals surface area contributed by atoms with Gasteiger partial charge < -0.3 is 4.57 Å². The Kier molecular flexibility index (Phi) is 7.48. The predicted molar refractivity (Wildman–Crippen MR) is 251 cm³/mol. The van der Waals surface area contributed by atoms with Gasteiger partial charge in [-0.2, -0.15) is 0 Å². The number of nitrogens with zero attached hydrogens (tertiary/aromatic N) is 2. The van der Waals surface area contributed by atoms with Gasteiger partial charge in [0.05, 0.1) is 21.3 Å². The highest BCUT2D eigenvalue weighted by Crippen LogP contribution is 2.50. The van der Waals surface area contributed by atoms with Crippen molar-refractivity contribution in [3.63, 3.8) is 0 Å². The molecular weight excluding hydrogens is 733 g/mol. The molecule has 2 aromatic heterocycles. The molecule has 2 nitrogen and oxygen atoms in total. The summed E-state index contributed by atoms with van der Waals surface area (Å²) in [6.45, 7) is 4.71. The fraction of sp³-hybridized carbons (Fsp3) is 0.0536. The number of hydrogen-bond donors (Lipinski definition) is 0. The molecule has 0 bridgehead atoms. The van der Waals surface area contributed by atoms with Crippen molar-refractivity contribution in [2.45, 2.75) is 19.3 Å². The molecule has 0 radical (unpaired) electrons. The first-order valence-corrected chi connectivity index (χ1v) is 21.2. The molecule has 3 heteroatoms. The third kappa shape index (κ3) is 5.35. The van der Waals surface area contributed by atoms with E-state index in [4.69, 9.17) is 4.98 Å². The lowest BCUT2D eigenvalue weighted by atomic mass is 9.81. The molecule has 278 valence electrons. The zero-order valence-corrected chi connectivity index (χ0v) is 33.6. The molecule has 1 aliphatic carbocycles. The Labute approximate surface area is 347 Å². The smallest absolute Gasteiger partial charge is 0.124 e. The average Bonchev–Trinajstić information content (AvgIpc) is 3.94. The second-order valence-electron chi connectivity index (χ2n) is 16.4. The van der Waals surface area contributed by atoms with Gasteiger partial charge in [-0.1, -0.05) is 166 Å². The molecule has 12 rings (SSSR count). The van der Waals surface area contributed by atoms with E-state index in [2.05, 4.69) is 213 Å². The van der Waals surface area contributed by atoms with E-state index in [0.717, 1.165) is 21.8 Å². The first-order chi connectivity index (χ1) is 29.0. The summed E-state index contributed by atoms with van der Waals surface area (Å²) in [7, 11) is 0. The fourth-order valence-corrected chi connectivity index (χ4v) is 10.6. The molecular formula is C56H38N2S. The van der Waals surface area contributed by atoms with Gasteiger partial charge in [-0.15, -0.1) is 11.3 Å². The summed E-state index contributed by atoms with van der Waals surface area (Å²) in [5.41, 5.74) is 18.4. The molecule has 2 heterocycles. The van der Waals surface area contributed by atoms with Crippen LogP contribution in [0.3, 0.4) is 0 Å². The van der Waals surface area contributed by atoms with Crippen molar-refractivity contribution < 1.29 is 0 Å². The van der Waals surface area contributed by atoms with E-state index in [1.807, 2.05) is 0 Å². The largest absolute Gasteiger partial charge is 0.309 e. The van der Waals surface area contributed by atoms with Gasteiger partial charge in [-0.3, -0.25) is 0 Å². The highest BCUT2D eigenvalue weighted by molar-refractivity contribution is 7.21. The van der Waals surface area contributed by atoms with Crippen LogP contribution in [0, 0.1) is 0 Å². The Balaban J connectivity index is 1.01. The van der Waals surface area contributed by atoms with Gasteiger partial charge in [0.2, 0.25) is 0 Å². The van der Waals surface area contributed by atoms with Crippen molar-refractivity contribution in [3.8, 4) is 60.8 Å². The number of thiazole rings is 1. The van der Waals surface area contributed by atoms with E-state index in [1.165, 1.54) is 92.9 Å². The molecule has 0 saturated carbocycles. The van der Waals surface area contributed by atoms with Gasteiger partial charge in [0, 0.05) is 33.0 Å². The lowest BCUT2D eigenvalue weighted by molar-refractivity contribution is 0.660. The van der Waals surface area contributed by atoms with Crippen LogP contribution < -0.4 is 0 Å². The Morgan fingerprint density at radius 3 is 1.97 bits per heavy atom. The molecule has 11 aromatic rings. The minimum absolute atomic E-state index is 0.0436. The van der Waals surface area contributed by atoms with Gasteiger partial charge in [-0.05, 0) is 103 Å². The molecule has 0 fully saturated rings. The highest BCUT2D eigenvalue weighted by atomic mass is 32.1. The average molecular weight is 771 g/mol. The standard InChI is InChI=1S/C56H38N2S/c1-56(2)49-18-6-5-15-45(49)46-29-26-41(33-50(46)56)38-13-9-14-39(31-38)42-27-30-47-48-17-10-16-44(36-21-23-37(24-22-36)55-57-51-19-7-8-20-53(51)59-55)54(48)58(52(47)34-42)43-28-25-35-11-3-4-12-40(35)32-43/h3-34H,1-2H3. The second-order valence-corrected chi connectivity index (χ2v) is 17.4. The van der Waals surface area contributed by atoms with Crippen molar-refractivity contribution in [2.24, 2.45) is 0 Å². The maximum Gasteiger partial charge on any atom is 0.124 e. The molecule has 0 atom stereocenters. The first-order valence-electron chi connectivity index (χ1n) is 20.4. The predicted octanol–water partition coefficient (Wildman–Crippen LogP) is 15.5. The number of para-hydroxylation sites is 2. The molecule has 0 amide bonds. The maximum atomic E-state index is 4.94. The minimum atomic E-state index is -0.0436. The van der Waals surface area contributed by atoms with Crippen molar-refractivity contribution in [2.75, 3.05) is 0 Å². The van der Waals surface area contributed by atoms with Crippen LogP contribution in [0.25, 0.3) is 104 Å². The van der Waals surface area contributed by atoms with Crippen LogP contribution in [0.5, 0.6) is 0 Å². The second kappa shape index (κ2) is 13.0. The summed E-state index contributed by atoms with van der Waals surface area (Å²) >= 11 is 1.74. The third-order valence-electron chi connectivity index (χ3n) is 12.6. The van der Waals surface area contributed by atoms with Crippen LogP contribution in [0.2, 0.25) is 0 Å². The molecule has 0 aliphatic heterocycles. The monoisotopic (exact) mass is 770 g/mol. The highest BCUT2D eigenvalue weighted by Gasteiger charge is 2.35. The van der Waals surface area contributed by atoms with Crippen molar-refractivity contribution >= 4 is 54.1 Å². The summed E-state index contributed by atoms with van der Waals surface area (Å²) in [4.78, 5) is 4.94. The zero-order valence-electron chi connectivity index (χ0n) is 32.8. The number of hydrogen-bond acceptors (Lipinski definition) is 2. The van der Waals surface area contributed by atoms with E-state index in [-0.39, 0.29) is 5.41 Å². The summed E-state index contributed by atoms with van der Waals surface area (Å²) in [5.74, 6) is 0. The summed E-state index contributed by atoms with van der Waals surface area (Å²) < 4.78 is 3.70. The van der Waals surface area contributed by atoms with Crippen LogP contribution >= 0.6 is 11.3 Å². The summed E-state index contributed by atoms with van der Waals surface area (Å²) in [6.07, 6.45) is 0. The lowest BCUT2D eigenvalue weighted by Gasteiger charge is -2.22. The van der Waals surface area contributed by atoms with Crippen molar-refractivity contribution in [1.82, 2.24) is 9.55 Å². The lowest BCUT2D eigenvalue weighted by Crippen LogP contribution is -2.14. The maximum absolute atomic E-state index is 4.94. The summed E-state index contributed by atoms with van der Waals surface area (Å²) in [5, 5.41) is 5.98. The molecule has 9 aromatic carbocycles. The van der Waals surface area contributed by atoms with Crippen LogP contribution in [-0.4, -0.2) is 9.55 Å². The van der Waals surface area contributed by atoms with Gasteiger partial charge >= 0.3 is 0 Å². The third-order valence-corrected chi connectivity index (χ3v) is 13.7. The van der Waals surface area contributed by atoms with Crippen LogP contribution in [0.15, 0.2) is 194 Å². The molecule has 1 aliphatic rings. The quantitative estimate of drug-likeness (QED) is 0.170. The van der Waals surface area contributed by atoms with Crippen LogP contribution in [0.4, 0.5) is 0 Å². The van der Waals surface area contributed by atoms with Crippen LogP contribution in [0.1, 0.15) is 25.0 Å². The number of benzene rings is 9. The molecule has 59 heavy (non-hydrogen) atoms. The van der Waals surface area contributed by atoms with E-state index in [9.17, 15) is 0 Å². The van der Waals surface area contributed by atoms with Crippen molar-refractivity contribution in [1.29, 1.82) is 0 Å². The van der Waals surface area contributed by atoms with Gasteiger partial charge in [0.15, 0.2) is 0 Å². The first kappa shape index (κ1) is 34.0. The molecule has 0 saturated heterocycles. The Morgan fingerprint density at radius 1 is 0.441 bits per heavy atom. The van der Waals surface area contributed by atoms with E-state index in [1.54, 1.807) is 11.3 Å². The van der Waals surface area contributed by atoms with Gasteiger partial charge in [0.25, 0.3) is 0 Å². The molecule has 0 spiro atoms. The topological polar surface area (TPSA) is 17.8 Å². The Bertz CT molecular complexity index is 3440. The fourth-order valence-electron chi connectivity index (χ4n) is 9.61. The van der Waals surface area contributed by atoms with E-state index >= 15 is 0 Å².